The van der Waals surface area contributed by atoms with Crippen molar-refractivity contribution in [1.29, 1.82) is 0 Å². The van der Waals surface area contributed by atoms with Gasteiger partial charge >= 0.3 is 0 Å². The average molecular weight is 354 g/mol. The van der Waals surface area contributed by atoms with Crippen molar-refractivity contribution < 1.29 is 13.2 Å². The predicted octanol–water partition coefficient (Wildman–Crippen LogP) is 1.83. The standard InChI is InChI=1S/C10H10BrClN2O3S/c1-6-8(11)2-3-9(13-6)14-5-7(4-10(14)15)18(12,16)17/h2-3,7H,4-5H2,1H3. The lowest BCUT2D eigenvalue weighted by Crippen LogP contribution is -2.27. The van der Waals surface area contributed by atoms with Crippen molar-refractivity contribution in [2.45, 2.75) is 18.6 Å². The Kier molecular flexibility index (Phi) is 3.66. The van der Waals surface area contributed by atoms with E-state index in [4.69, 9.17) is 10.7 Å². The molecule has 1 aromatic heterocycles. The van der Waals surface area contributed by atoms with Gasteiger partial charge in [-0.15, -0.1) is 0 Å². The Morgan fingerprint density at radius 2 is 2.17 bits per heavy atom. The Labute approximate surface area is 118 Å². The van der Waals surface area contributed by atoms with Crippen LogP contribution in [0.5, 0.6) is 0 Å². The molecule has 1 unspecified atom stereocenters. The molecular formula is C10H10BrClN2O3S. The first-order valence-electron chi connectivity index (χ1n) is 5.16. The summed E-state index contributed by atoms with van der Waals surface area (Å²) in [6.45, 7) is 1.85. The van der Waals surface area contributed by atoms with Gasteiger partial charge in [0.25, 0.3) is 0 Å². The van der Waals surface area contributed by atoms with E-state index in [1.54, 1.807) is 19.1 Å². The number of aryl methyl sites for hydroxylation is 1. The first-order chi connectivity index (χ1) is 8.29. The van der Waals surface area contributed by atoms with Crippen LogP contribution < -0.4 is 4.90 Å². The third-order valence-corrected chi connectivity index (χ3v) is 5.48. The summed E-state index contributed by atoms with van der Waals surface area (Å²) in [7, 11) is 1.56. The summed E-state index contributed by atoms with van der Waals surface area (Å²) in [6.07, 6.45) is -0.0946. The summed E-state index contributed by atoms with van der Waals surface area (Å²) >= 11 is 3.31. The molecule has 1 aliphatic rings. The Bertz CT molecular complexity index is 605. The highest BCUT2D eigenvalue weighted by Gasteiger charge is 2.38. The van der Waals surface area contributed by atoms with Gasteiger partial charge in [-0.25, -0.2) is 13.4 Å². The van der Waals surface area contributed by atoms with E-state index in [9.17, 15) is 13.2 Å². The lowest BCUT2D eigenvalue weighted by atomic mass is 10.3. The van der Waals surface area contributed by atoms with Crippen LogP contribution in [-0.2, 0) is 13.8 Å². The van der Waals surface area contributed by atoms with Gasteiger partial charge in [0.15, 0.2) is 0 Å². The zero-order valence-electron chi connectivity index (χ0n) is 9.43. The van der Waals surface area contributed by atoms with Crippen LogP contribution in [-0.4, -0.2) is 31.1 Å². The van der Waals surface area contributed by atoms with Crippen molar-refractivity contribution in [3.63, 3.8) is 0 Å². The molecular weight excluding hydrogens is 344 g/mol. The van der Waals surface area contributed by atoms with Gasteiger partial charge in [-0.05, 0) is 35.0 Å². The van der Waals surface area contributed by atoms with Gasteiger partial charge in [-0.2, -0.15) is 0 Å². The van der Waals surface area contributed by atoms with Crippen LogP contribution in [0.4, 0.5) is 5.82 Å². The van der Waals surface area contributed by atoms with Crippen LogP contribution in [0.15, 0.2) is 16.6 Å². The van der Waals surface area contributed by atoms with Crippen LogP contribution in [0.2, 0.25) is 0 Å². The van der Waals surface area contributed by atoms with Crippen molar-refractivity contribution in [2.75, 3.05) is 11.4 Å². The normalized spacial score (nSPS) is 20.5. The van der Waals surface area contributed by atoms with Gasteiger partial charge < -0.3 is 0 Å². The number of carbonyl (C=O) groups is 1. The van der Waals surface area contributed by atoms with Crippen LogP contribution in [0.1, 0.15) is 12.1 Å². The molecule has 0 N–H and O–H groups in total. The zero-order valence-corrected chi connectivity index (χ0v) is 12.6. The van der Waals surface area contributed by atoms with Crippen LogP contribution in [0.25, 0.3) is 0 Å². The van der Waals surface area contributed by atoms with Crippen LogP contribution >= 0.6 is 26.6 Å². The van der Waals surface area contributed by atoms with E-state index in [0.29, 0.717) is 5.82 Å². The maximum absolute atomic E-state index is 11.8. The smallest absolute Gasteiger partial charge is 0.237 e. The molecule has 1 atom stereocenters. The van der Waals surface area contributed by atoms with Crippen LogP contribution in [0.3, 0.4) is 0 Å². The maximum atomic E-state index is 11.8. The first-order valence-corrected chi connectivity index (χ1v) is 8.32. The molecule has 5 nitrogen and oxygen atoms in total. The van der Waals surface area contributed by atoms with E-state index in [2.05, 4.69) is 20.9 Å². The van der Waals surface area contributed by atoms with Gasteiger partial charge in [0.05, 0.1) is 5.69 Å². The largest absolute Gasteiger partial charge is 0.295 e. The molecule has 0 aromatic carbocycles. The Balaban J connectivity index is 2.30. The number of amides is 1. The second-order valence-corrected chi connectivity index (χ2v) is 7.81. The Morgan fingerprint density at radius 3 is 2.67 bits per heavy atom. The molecule has 0 spiro atoms. The summed E-state index contributed by atoms with van der Waals surface area (Å²) in [6, 6.07) is 3.44. The van der Waals surface area contributed by atoms with E-state index in [1.807, 2.05) is 0 Å². The first kappa shape index (κ1) is 13.8. The SMILES string of the molecule is Cc1nc(N2CC(S(=O)(=O)Cl)CC2=O)ccc1Br. The topological polar surface area (TPSA) is 67.3 Å². The van der Waals surface area contributed by atoms with E-state index >= 15 is 0 Å². The number of rotatable bonds is 2. The number of aromatic nitrogens is 1. The number of halogens is 2. The van der Waals surface area contributed by atoms with E-state index in [1.165, 1.54) is 4.90 Å². The summed E-state index contributed by atoms with van der Waals surface area (Å²) in [5.41, 5.74) is 0.734. The van der Waals surface area contributed by atoms with Crippen molar-refractivity contribution in [3.8, 4) is 0 Å². The predicted molar refractivity (Wildman–Crippen MR) is 72.2 cm³/mol. The molecule has 0 aliphatic carbocycles. The minimum atomic E-state index is -3.72. The number of anilines is 1. The number of carbonyl (C=O) groups excluding carboxylic acids is 1. The lowest BCUT2D eigenvalue weighted by molar-refractivity contribution is -0.117. The second-order valence-electron chi connectivity index (χ2n) is 4.04. The molecule has 0 radical (unpaired) electrons. The monoisotopic (exact) mass is 352 g/mol. The van der Waals surface area contributed by atoms with Gasteiger partial charge in [0.1, 0.15) is 11.1 Å². The quantitative estimate of drug-likeness (QED) is 0.761. The molecule has 0 saturated carbocycles. The van der Waals surface area contributed by atoms with Crippen molar-refractivity contribution in [3.05, 3.63) is 22.3 Å². The van der Waals surface area contributed by atoms with Gasteiger partial charge in [0.2, 0.25) is 15.0 Å². The van der Waals surface area contributed by atoms with E-state index in [0.717, 1.165) is 10.2 Å². The molecule has 2 heterocycles. The van der Waals surface area contributed by atoms with E-state index < -0.39 is 14.3 Å². The molecule has 98 valence electrons. The zero-order chi connectivity index (χ0) is 13.5. The molecule has 0 bridgehead atoms. The lowest BCUT2D eigenvalue weighted by Gasteiger charge is -2.15. The third kappa shape index (κ3) is 2.67. The molecule has 1 amide bonds. The maximum Gasteiger partial charge on any atom is 0.237 e. The fraction of sp³-hybridized carbons (Fsp3) is 0.400. The third-order valence-electron chi connectivity index (χ3n) is 2.77. The molecule has 2 rings (SSSR count). The van der Waals surface area contributed by atoms with Crippen molar-refractivity contribution >= 4 is 47.4 Å². The van der Waals surface area contributed by atoms with Gasteiger partial charge in [-0.1, -0.05) is 0 Å². The van der Waals surface area contributed by atoms with Crippen LogP contribution in [0, 0.1) is 6.92 Å². The molecule has 1 saturated heterocycles. The summed E-state index contributed by atoms with van der Waals surface area (Å²) in [5, 5.41) is -0.864. The highest BCUT2D eigenvalue weighted by Crippen LogP contribution is 2.27. The fourth-order valence-corrected chi connectivity index (χ4v) is 3.01. The molecule has 1 fully saturated rings. The second kappa shape index (κ2) is 4.79. The molecule has 8 heteroatoms. The minimum absolute atomic E-state index is 0.0543. The van der Waals surface area contributed by atoms with E-state index in [-0.39, 0.29) is 18.9 Å². The van der Waals surface area contributed by atoms with Crippen molar-refractivity contribution in [1.82, 2.24) is 4.98 Å². The Morgan fingerprint density at radius 1 is 1.50 bits per heavy atom. The van der Waals surface area contributed by atoms with Gasteiger partial charge in [0, 0.05) is 28.1 Å². The summed E-state index contributed by atoms with van der Waals surface area (Å²) < 4.78 is 23.3. The number of hydrogen-bond donors (Lipinski definition) is 0. The number of nitrogens with zero attached hydrogens (tertiary/aromatic N) is 2. The molecule has 18 heavy (non-hydrogen) atoms. The number of pyridine rings is 1. The average Bonchev–Trinajstić information content (AvgIpc) is 2.64. The Hall–Kier alpha value is -0.660. The molecule has 1 aromatic rings. The van der Waals surface area contributed by atoms with Gasteiger partial charge in [-0.3, -0.25) is 9.69 Å². The fourth-order valence-electron chi connectivity index (χ4n) is 1.77. The summed E-state index contributed by atoms with van der Waals surface area (Å²) in [5.74, 6) is 0.168. The van der Waals surface area contributed by atoms with Crippen molar-refractivity contribution in [2.24, 2.45) is 0 Å². The highest BCUT2D eigenvalue weighted by molar-refractivity contribution is 9.10. The molecule has 1 aliphatic heterocycles. The highest BCUT2D eigenvalue weighted by atomic mass is 79.9. The summed E-state index contributed by atoms with van der Waals surface area (Å²) in [4.78, 5) is 17.4. The number of hydrogen-bond acceptors (Lipinski definition) is 4. The minimum Gasteiger partial charge on any atom is -0.295 e.